The molecule has 0 radical (unpaired) electrons. The minimum absolute atomic E-state index is 0.0636. The summed E-state index contributed by atoms with van der Waals surface area (Å²) in [6.07, 6.45) is 1.71. The molecule has 1 rings (SSSR count). The van der Waals surface area contributed by atoms with E-state index in [1.165, 1.54) is 0 Å². The van der Waals surface area contributed by atoms with Crippen molar-refractivity contribution in [2.75, 3.05) is 0 Å². The third-order valence-corrected chi connectivity index (χ3v) is 4.32. The molecule has 0 aliphatic heterocycles. The van der Waals surface area contributed by atoms with E-state index in [9.17, 15) is 8.42 Å². The Balaban J connectivity index is 2.77. The van der Waals surface area contributed by atoms with Gasteiger partial charge in [0.15, 0.2) is 0 Å². The molecule has 0 aromatic heterocycles. The van der Waals surface area contributed by atoms with E-state index in [2.05, 4.69) is 4.72 Å². The maximum Gasteiger partial charge on any atom is 0.216 e. The zero-order valence-corrected chi connectivity index (χ0v) is 12.4. The fourth-order valence-electron chi connectivity index (χ4n) is 2.03. The Morgan fingerprint density at radius 2 is 1.84 bits per heavy atom. The molecule has 19 heavy (non-hydrogen) atoms. The Labute approximate surface area is 115 Å². The van der Waals surface area contributed by atoms with Gasteiger partial charge in [-0.05, 0) is 38.0 Å². The molecule has 104 valence electrons. The van der Waals surface area contributed by atoms with E-state index < -0.39 is 15.6 Å². The summed E-state index contributed by atoms with van der Waals surface area (Å²) in [6, 6.07) is 8.60. The summed E-state index contributed by atoms with van der Waals surface area (Å²) in [5, 5.41) is 8.69. The van der Waals surface area contributed by atoms with Crippen LogP contribution in [0, 0.1) is 11.3 Å². The third kappa shape index (κ3) is 5.41. The van der Waals surface area contributed by atoms with Crippen LogP contribution in [0.15, 0.2) is 24.3 Å². The number of nitriles is 1. The lowest BCUT2D eigenvalue weighted by Crippen LogP contribution is -2.43. The zero-order valence-electron chi connectivity index (χ0n) is 11.6. The average molecular weight is 280 g/mol. The van der Waals surface area contributed by atoms with E-state index in [4.69, 9.17) is 5.26 Å². The van der Waals surface area contributed by atoms with Gasteiger partial charge in [0.05, 0.1) is 17.4 Å². The van der Waals surface area contributed by atoms with Gasteiger partial charge in [-0.25, -0.2) is 13.1 Å². The summed E-state index contributed by atoms with van der Waals surface area (Å²) >= 11 is 0. The van der Waals surface area contributed by atoms with Crippen molar-refractivity contribution < 1.29 is 8.42 Å². The molecule has 0 bridgehead atoms. The Bertz CT molecular complexity index is 554. The molecule has 0 atom stereocenters. The third-order valence-electron chi connectivity index (χ3n) is 2.75. The van der Waals surface area contributed by atoms with Crippen molar-refractivity contribution in [3.8, 4) is 6.07 Å². The smallest absolute Gasteiger partial charge is 0.212 e. The molecular weight excluding hydrogens is 260 g/mol. The lowest BCUT2D eigenvalue weighted by molar-refractivity contribution is 0.417. The van der Waals surface area contributed by atoms with Gasteiger partial charge in [-0.3, -0.25) is 0 Å². The summed E-state index contributed by atoms with van der Waals surface area (Å²) in [4.78, 5) is 0. The molecule has 0 aliphatic rings. The molecule has 0 aliphatic carbocycles. The van der Waals surface area contributed by atoms with E-state index >= 15 is 0 Å². The van der Waals surface area contributed by atoms with Gasteiger partial charge in [-0.2, -0.15) is 5.26 Å². The summed E-state index contributed by atoms with van der Waals surface area (Å²) in [6.45, 7) is 5.79. The van der Waals surface area contributed by atoms with Gasteiger partial charge in [0.25, 0.3) is 0 Å². The molecule has 1 N–H and O–H groups in total. The van der Waals surface area contributed by atoms with Crippen molar-refractivity contribution in [2.24, 2.45) is 0 Å². The maximum atomic E-state index is 12.1. The molecule has 0 saturated heterocycles. The second kappa shape index (κ2) is 6.18. The van der Waals surface area contributed by atoms with Gasteiger partial charge < -0.3 is 0 Å². The van der Waals surface area contributed by atoms with Crippen LogP contribution in [0.5, 0.6) is 0 Å². The normalized spacial score (nSPS) is 12.1. The van der Waals surface area contributed by atoms with Crippen molar-refractivity contribution in [2.45, 2.75) is 44.9 Å². The first-order valence-electron chi connectivity index (χ1n) is 6.29. The van der Waals surface area contributed by atoms with Crippen molar-refractivity contribution in [1.29, 1.82) is 5.26 Å². The minimum atomic E-state index is -3.37. The number of nitrogens with one attached hydrogen (secondary N) is 1. The van der Waals surface area contributed by atoms with Gasteiger partial charge in [0.1, 0.15) is 0 Å². The van der Waals surface area contributed by atoms with E-state index in [0.29, 0.717) is 11.1 Å². The van der Waals surface area contributed by atoms with Crippen LogP contribution >= 0.6 is 0 Å². The predicted molar refractivity (Wildman–Crippen MR) is 75.9 cm³/mol. The highest BCUT2D eigenvalue weighted by molar-refractivity contribution is 7.88. The van der Waals surface area contributed by atoms with Gasteiger partial charge in [0, 0.05) is 5.54 Å². The van der Waals surface area contributed by atoms with Crippen LogP contribution in [0.3, 0.4) is 0 Å². The van der Waals surface area contributed by atoms with E-state index in [1.54, 1.807) is 24.3 Å². The predicted octanol–water partition coefficient (Wildman–Crippen LogP) is 2.56. The van der Waals surface area contributed by atoms with Crippen LogP contribution in [0.4, 0.5) is 0 Å². The molecule has 0 amide bonds. The Morgan fingerprint density at radius 3 is 2.32 bits per heavy atom. The molecule has 0 spiro atoms. The van der Waals surface area contributed by atoms with Crippen molar-refractivity contribution in [1.82, 2.24) is 4.72 Å². The van der Waals surface area contributed by atoms with Crippen molar-refractivity contribution in [3.05, 3.63) is 35.4 Å². The zero-order chi connectivity index (χ0) is 14.5. The first-order valence-corrected chi connectivity index (χ1v) is 7.94. The molecule has 1 aromatic rings. The Morgan fingerprint density at radius 1 is 1.26 bits per heavy atom. The molecule has 5 heteroatoms. The summed E-state index contributed by atoms with van der Waals surface area (Å²) in [5.74, 6) is -0.0636. The van der Waals surface area contributed by atoms with Crippen LogP contribution < -0.4 is 4.72 Å². The Hall–Kier alpha value is -1.38. The highest BCUT2D eigenvalue weighted by Crippen LogP contribution is 2.15. The number of sulfonamides is 1. The minimum Gasteiger partial charge on any atom is -0.212 e. The van der Waals surface area contributed by atoms with Gasteiger partial charge in [-0.1, -0.05) is 25.5 Å². The van der Waals surface area contributed by atoms with Crippen LogP contribution in [0.2, 0.25) is 0 Å². The van der Waals surface area contributed by atoms with Crippen LogP contribution in [0.1, 0.15) is 44.7 Å². The summed E-state index contributed by atoms with van der Waals surface area (Å²) < 4.78 is 26.9. The molecule has 0 fully saturated rings. The summed E-state index contributed by atoms with van der Waals surface area (Å²) in [5.41, 5.74) is 0.777. The molecule has 0 heterocycles. The van der Waals surface area contributed by atoms with Crippen molar-refractivity contribution >= 4 is 10.0 Å². The second-order valence-electron chi connectivity index (χ2n) is 5.30. The number of nitrogens with zero attached hydrogens (tertiary/aromatic N) is 1. The molecule has 0 unspecified atom stereocenters. The number of benzene rings is 1. The van der Waals surface area contributed by atoms with Crippen LogP contribution in [-0.4, -0.2) is 14.0 Å². The molecule has 0 saturated carbocycles. The largest absolute Gasteiger partial charge is 0.216 e. The van der Waals surface area contributed by atoms with E-state index in [-0.39, 0.29) is 5.75 Å². The SMILES string of the molecule is CCCC(C)(C)NS(=O)(=O)Cc1ccc(C#N)cc1. The fraction of sp³-hybridized carbons (Fsp3) is 0.500. The molecular formula is C14H20N2O2S. The van der Waals surface area contributed by atoms with Crippen LogP contribution in [0.25, 0.3) is 0 Å². The van der Waals surface area contributed by atoms with Gasteiger partial charge >= 0.3 is 0 Å². The fourth-order valence-corrected chi connectivity index (χ4v) is 3.68. The number of rotatable bonds is 6. The second-order valence-corrected chi connectivity index (χ2v) is 7.03. The van der Waals surface area contributed by atoms with E-state index in [0.717, 1.165) is 12.8 Å². The molecule has 4 nitrogen and oxygen atoms in total. The van der Waals surface area contributed by atoms with Gasteiger partial charge in [-0.15, -0.1) is 0 Å². The molecule has 1 aromatic carbocycles. The lowest BCUT2D eigenvalue weighted by Gasteiger charge is -2.25. The Kier molecular flexibility index (Phi) is 5.10. The van der Waals surface area contributed by atoms with Crippen molar-refractivity contribution in [3.63, 3.8) is 0 Å². The highest BCUT2D eigenvalue weighted by atomic mass is 32.2. The van der Waals surface area contributed by atoms with Crippen LogP contribution in [-0.2, 0) is 15.8 Å². The van der Waals surface area contributed by atoms with Gasteiger partial charge in [0.2, 0.25) is 10.0 Å². The van der Waals surface area contributed by atoms with E-state index in [1.807, 2.05) is 26.8 Å². The summed E-state index contributed by atoms with van der Waals surface area (Å²) in [7, 11) is -3.37. The lowest BCUT2D eigenvalue weighted by atomic mass is 10.0. The topological polar surface area (TPSA) is 70.0 Å². The first-order chi connectivity index (χ1) is 8.78. The quantitative estimate of drug-likeness (QED) is 0.870. The monoisotopic (exact) mass is 280 g/mol. The number of hydrogen-bond acceptors (Lipinski definition) is 3. The highest BCUT2D eigenvalue weighted by Gasteiger charge is 2.23. The first kappa shape index (κ1) is 15.7. The average Bonchev–Trinajstić information content (AvgIpc) is 2.27. The maximum absolute atomic E-state index is 12.1. The number of hydrogen-bond donors (Lipinski definition) is 1. The standard InChI is InChI=1S/C14H20N2O2S/c1-4-9-14(2,3)16-19(17,18)11-13-7-5-12(10-15)6-8-13/h5-8,16H,4,9,11H2,1-3H3.